The molecule has 0 heterocycles. The zero-order valence-electron chi connectivity index (χ0n) is 8.32. The molecule has 0 aromatic heterocycles. The van der Waals surface area contributed by atoms with Gasteiger partial charge in [0.25, 0.3) is 0 Å². The minimum Gasteiger partial charge on any atom is -0.390 e. The van der Waals surface area contributed by atoms with Gasteiger partial charge in [-0.3, -0.25) is 4.79 Å². The molecule has 14 heavy (non-hydrogen) atoms. The Labute approximate surface area is 83.8 Å². The monoisotopic (exact) mass is 192 g/mol. The molecular weight excluding hydrogens is 178 g/mol. The summed E-state index contributed by atoms with van der Waals surface area (Å²) in [7, 11) is 0. The van der Waals surface area contributed by atoms with Crippen molar-refractivity contribution in [1.29, 1.82) is 0 Å². The Morgan fingerprint density at radius 2 is 1.93 bits per heavy atom. The van der Waals surface area contributed by atoms with Crippen molar-refractivity contribution < 1.29 is 9.90 Å². The number of benzene rings is 1. The van der Waals surface area contributed by atoms with Crippen LogP contribution in [0.15, 0.2) is 30.3 Å². The van der Waals surface area contributed by atoms with Gasteiger partial charge in [0.15, 0.2) is 0 Å². The first-order chi connectivity index (χ1) is 6.61. The van der Waals surface area contributed by atoms with Crippen LogP contribution in [0.5, 0.6) is 0 Å². The van der Waals surface area contributed by atoms with Crippen LogP contribution < -0.4 is 5.32 Å². The molecule has 3 nitrogen and oxygen atoms in total. The molecule has 1 atom stereocenters. The van der Waals surface area contributed by atoms with Crippen molar-refractivity contribution in [1.82, 2.24) is 5.32 Å². The van der Waals surface area contributed by atoms with E-state index in [1.54, 1.807) is 6.92 Å². The predicted molar refractivity (Wildman–Crippen MR) is 54.3 cm³/mol. The molecule has 1 radical (unpaired) electrons. The number of aliphatic hydroxyl groups excluding tert-OH is 1. The molecule has 0 aliphatic rings. The lowest BCUT2D eigenvalue weighted by Crippen LogP contribution is -2.34. The number of rotatable bonds is 3. The number of aliphatic hydroxyl groups is 1. The second-order valence-electron chi connectivity index (χ2n) is 3.14. The Morgan fingerprint density at radius 1 is 1.36 bits per heavy atom. The minimum atomic E-state index is -0.679. The summed E-state index contributed by atoms with van der Waals surface area (Å²) in [6, 6.07) is 9.84. The molecule has 1 rings (SSSR count). The number of carbonyl (C=O) groups is 1. The summed E-state index contributed by atoms with van der Waals surface area (Å²) in [5.41, 5.74) is 0.831. The molecule has 0 saturated heterocycles. The van der Waals surface area contributed by atoms with Crippen molar-refractivity contribution >= 4 is 5.91 Å². The number of carbonyl (C=O) groups excluding carboxylic acids is 1. The maximum atomic E-state index is 10.9. The van der Waals surface area contributed by atoms with Gasteiger partial charge in [0.2, 0.25) is 5.91 Å². The van der Waals surface area contributed by atoms with E-state index in [1.165, 1.54) is 6.92 Å². The summed E-state index contributed by atoms with van der Waals surface area (Å²) < 4.78 is 0. The number of amides is 1. The molecule has 3 heteroatoms. The van der Waals surface area contributed by atoms with Crippen LogP contribution in [-0.2, 0) is 4.79 Å². The average Bonchev–Trinajstić information content (AvgIpc) is 2.15. The molecule has 0 spiro atoms. The summed E-state index contributed by atoms with van der Waals surface area (Å²) in [6.07, 6.45) is -0.679. The highest BCUT2D eigenvalue weighted by Gasteiger charge is 2.18. The lowest BCUT2D eigenvalue weighted by atomic mass is 10.0. The molecule has 75 valence electrons. The maximum absolute atomic E-state index is 10.9. The van der Waals surface area contributed by atoms with Crippen molar-refractivity contribution in [3.8, 4) is 0 Å². The van der Waals surface area contributed by atoms with Gasteiger partial charge in [-0.15, -0.1) is 0 Å². The van der Waals surface area contributed by atoms with Gasteiger partial charge in [-0.2, -0.15) is 0 Å². The number of hydrogen-bond donors (Lipinski definition) is 2. The van der Waals surface area contributed by atoms with Gasteiger partial charge in [0.1, 0.15) is 6.04 Å². The molecule has 0 aliphatic heterocycles. The SMILES string of the molecule is CC(=O)N[C](c1ccccc1)C(C)O. The summed E-state index contributed by atoms with van der Waals surface area (Å²) in [6.45, 7) is 3.05. The fourth-order valence-electron chi connectivity index (χ4n) is 1.23. The van der Waals surface area contributed by atoms with Gasteiger partial charge in [-0.1, -0.05) is 30.3 Å². The molecule has 0 bridgehead atoms. The second-order valence-corrected chi connectivity index (χ2v) is 3.14. The Hall–Kier alpha value is -1.35. The highest BCUT2D eigenvalue weighted by atomic mass is 16.3. The van der Waals surface area contributed by atoms with E-state index in [0.29, 0.717) is 6.04 Å². The van der Waals surface area contributed by atoms with Crippen LogP contribution in [0.4, 0.5) is 0 Å². The first-order valence-electron chi connectivity index (χ1n) is 4.49. The molecule has 1 aromatic carbocycles. The minimum absolute atomic E-state index is 0.176. The zero-order chi connectivity index (χ0) is 10.6. The van der Waals surface area contributed by atoms with Crippen molar-refractivity contribution in [2.24, 2.45) is 0 Å². The summed E-state index contributed by atoms with van der Waals surface area (Å²) in [4.78, 5) is 10.9. The summed E-state index contributed by atoms with van der Waals surface area (Å²) in [5.74, 6) is -0.176. The van der Waals surface area contributed by atoms with Crippen LogP contribution in [-0.4, -0.2) is 17.1 Å². The summed E-state index contributed by atoms with van der Waals surface area (Å²) >= 11 is 0. The highest BCUT2D eigenvalue weighted by molar-refractivity contribution is 5.75. The third-order valence-corrected chi connectivity index (χ3v) is 1.81. The van der Waals surface area contributed by atoms with Crippen molar-refractivity contribution in [2.45, 2.75) is 20.0 Å². The smallest absolute Gasteiger partial charge is 0.217 e. The Bertz CT molecular complexity index is 295. The maximum Gasteiger partial charge on any atom is 0.217 e. The van der Waals surface area contributed by atoms with Gasteiger partial charge in [0.05, 0.1) is 6.10 Å². The van der Waals surface area contributed by atoms with E-state index >= 15 is 0 Å². The van der Waals surface area contributed by atoms with Crippen LogP contribution in [0.1, 0.15) is 19.4 Å². The van der Waals surface area contributed by atoms with Gasteiger partial charge >= 0.3 is 0 Å². The fourth-order valence-corrected chi connectivity index (χ4v) is 1.23. The molecule has 1 unspecified atom stereocenters. The normalized spacial score (nSPS) is 12.6. The van der Waals surface area contributed by atoms with Crippen LogP contribution in [0.25, 0.3) is 0 Å². The van der Waals surface area contributed by atoms with E-state index < -0.39 is 6.10 Å². The topological polar surface area (TPSA) is 49.3 Å². The van der Waals surface area contributed by atoms with E-state index in [9.17, 15) is 9.90 Å². The van der Waals surface area contributed by atoms with Gasteiger partial charge in [-0.05, 0) is 12.5 Å². The second kappa shape index (κ2) is 4.77. The lowest BCUT2D eigenvalue weighted by Gasteiger charge is -2.19. The predicted octanol–water partition coefficient (Wildman–Crippen LogP) is 1.08. The number of nitrogens with one attached hydrogen (secondary N) is 1. The summed E-state index contributed by atoms with van der Waals surface area (Å²) in [5, 5.41) is 12.1. The number of hydrogen-bond acceptors (Lipinski definition) is 2. The molecule has 0 aliphatic carbocycles. The van der Waals surface area contributed by atoms with E-state index in [1.807, 2.05) is 30.3 Å². The Morgan fingerprint density at radius 3 is 2.36 bits per heavy atom. The largest absolute Gasteiger partial charge is 0.390 e. The lowest BCUT2D eigenvalue weighted by molar-refractivity contribution is -0.119. The quantitative estimate of drug-likeness (QED) is 0.753. The fraction of sp³-hybridized carbons (Fsp3) is 0.273. The van der Waals surface area contributed by atoms with E-state index in [2.05, 4.69) is 5.32 Å². The van der Waals surface area contributed by atoms with Gasteiger partial charge < -0.3 is 10.4 Å². The molecule has 2 N–H and O–H groups in total. The van der Waals surface area contributed by atoms with E-state index in [4.69, 9.17) is 0 Å². The van der Waals surface area contributed by atoms with Gasteiger partial charge in [-0.25, -0.2) is 0 Å². The first-order valence-corrected chi connectivity index (χ1v) is 4.49. The van der Waals surface area contributed by atoms with Crippen LogP contribution in [0.2, 0.25) is 0 Å². The molecule has 1 amide bonds. The Kier molecular flexibility index (Phi) is 3.65. The van der Waals surface area contributed by atoms with Gasteiger partial charge in [0, 0.05) is 6.92 Å². The van der Waals surface area contributed by atoms with Crippen molar-refractivity contribution in [3.63, 3.8) is 0 Å². The Balaban J connectivity index is 2.83. The third kappa shape index (κ3) is 2.85. The first kappa shape index (κ1) is 10.7. The van der Waals surface area contributed by atoms with Crippen molar-refractivity contribution in [2.75, 3.05) is 0 Å². The van der Waals surface area contributed by atoms with Crippen LogP contribution in [0.3, 0.4) is 0 Å². The zero-order valence-corrected chi connectivity index (χ0v) is 8.32. The van der Waals surface area contributed by atoms with E-state index in [-0.39, 0.29) is 5.91 Å². The third-order valence-electron chi connectivity index (χ3n) is 1.81. The molecule has 0 saturated carbocycles. The molecular formula is C11H14NO2. The molecule has 0 fully saturated rings. The van der Waals surface area contributed by atoms with Crippen LogP contribution in [0, 0.1) is 6.04 Å². The standard InChI is InChI=1S/C11H14NO2/c1-8(13)11(12-9(2)14)10-6-4-3-5-7-10/h3-8,13H,1-2H3,(H,12,14). The average molecular weight is 192 g/mol. The van der Waals surface area contributed by atoms with Crippen LogP contribution >= 0.6 is 0 Å². The van der Waals surface area contributed by atoms with Crippen molar-refractivity contribution in [3.05, 3.63) is 41.9 Å². The highest BCUT2D eigenvalue weighted by Crippen LogP contribution is 2.14. The molecule has 1 aromatic rings. The van der Waals surface area contributed by atoms with E-state index in [0.717, 1.165) is 5.56 Å².